The second kappa shape index (κ2) is 7.89. The highest BCUT2D eigenvalue weighted by molar-refractivity contribution is 6.34. The first-order valence-corrected chi connectivity index (χ1v) is 9.66. The number of nitrogens with one attached hydrogen (secondary N) is 3. The zero-order valence-corrected chi connectivity index (χ0v) is 16.8. The molecule has 0 radical (unpaired) electrons. The Morgan fingerprint density at radius 1 is 1.29 bits per heavy atom. The van der Waals surface area contributed by atoms with Crippen LogP contribution in [0, 0.1) is 19.7 Å². The average molecular weight is 431 g/mol. The predicted octanol–water partition coefficient (Wildman–Crippen LogP) is 0.432. The highest BCUT2D eigenvalue weighted by Gasteiger charge is 2.43. The number of aromatic nitrogens is 1. The molecule has 1 aromatic carbocycles. The number of aryl methyl sites for hydroxylation is 1. The summed E-state index contributed by atoms with van der Waals surface area (Å²) in [6.45, 7) is 2.85. The molecule has 3 heterocycles. The highest BCUT2D eigenvalue weighted by Crippen LogP contribution is 2.34. The summed E-state index contributed by atoms with van der Waals surface area (Å²) >= 11 is 0. The van der Waals surface area contributed by atoms with Crippen molar-refractivity contribution < 1.29 is 34.0 Å². The van der Waals surface area contributed by atoms with Crippen molar-refractivity contribution >= 4 is 29.2 Å². The van der Waals surface area contributed by atoms with Crippen LogP contribution in [0.1, 0.15) is 32.9 Å². The topological polar surface area (TPSA) is 144 Å². The largest absolute Gasteiger partial charge is 0.394 e. The number of rotatable bonds is 4. The van der Waals surface area contributed by atoms with Crippen molar-refractivity contribution in [3.63, 3.8) is 0 Å². The third-order valence-electron chi connectivity index (χ3n) is 5.57. The molecule has 9 nitrogen and oxygen atoms in total. The van der Waals surface area contributed by atoms with Gasteiger partial charge in [-0.1, -0.05) is 0 Å². The van der Waals surface area contributed by atoms with Gasteiger partial charge in [-0.25, -0.2) is 4.39 Å². The Labute approximate surface area is 176 Å². The molecule has 2 amide bonds. The summed E-state index contributed by atoms with van der Waals surface area (Å²) in [5.74, 6) is -1.42. The molecule has 2 aliphatic heterocycles. The average Bonchev–Trinajstić information content (AvgIpc) is 3.28. The molecule has 0 aliphatic carbocycles. The van der Waals surface area contributed by atoms with Gasteiger partial charge >= 0.3 is 0 Å². The molecule has 10 heteroatoms. The first kappa shape index (κ1) is 21.2. The fraction of sp³-hybridized carbons (Fsp3) is 0.333. The fourth-order valence-corrected chi connectivity index (χ4v) is 3.93. The number of anilines is 1. The maximum absolute atomic E-state index is 13.7. The van der Waals surface area contributed by atoms with Crippen molar-refractivity contribution in [2.75, 3.05) is 11.9 Å². The Morgan fingerprint density at radius 3 is 2.71 bits per heavy atom. The lowest BCUT2D eigenvalue weighted by Crippen LogP contribution is -2.44. The third kappa shape index (κ3) is 3.63. The molecule has 1 saturated heterocycles. The summed E-state index contributed by atoms with van der Waals surface area (Å²) in [7, 11) is 0. The zero-order chi connectivity index (χ0) is 22.4. The third-order valence-corrected chi connectivity index (χ3v) is 5.57. The number of amides is 2. The van der Waals surface area contributed by atoms with Crippen LogP contribution >= 0.6 is 0 Å². The molecule has 2 aliphatic rings. The predicted molar refractivity (Wildman–Crippen MR) is 108 cm³/mol. The van der Waals surface area contributed by atoms with E-state index in [9.17, 15) is 29.3 Å². The molecule has 2 aromatic rings. The zero-order valence-electron chi connectivity index (χ0n) is 16.8. The van der Waals surface area contributed by atoms with Crippen molar-refractivity contribution in [2.45, 2.75) is 38.4 Å². The van der Waals surface area contributed by atoms with Crippen molar-refractivity contribution in [3.05, 3.63) is 52.1 Å². The van der Waals surface area contributed by atoms with Crippen molar-refractivity contribution in [2.24, 2.45) is 0 Å². The number of halogens is 1. The van der Waals surface area contributed by atoms with Crippen molar-refractivity contribution in [1.82, 2.24) is 10.3 Å². The number of carbonyl (C=O) groups is 2. The van der Waals surface area contributed by atoms with E-state index in [1.165, 1.54) is 18.2 Å². The molecule has 0 spiro atoms. The summed E-state index contributed by atoms with van der Waals surface area (Å²) in [5, 5.41) is 34.2. The molecule has 4 atom stereocenters. The van der Waals surface area contributed by atoms with Crippen molar-refractivity contribution in [1.29, 1.82) is 0 Å². The lowest BCUT2D eigenvalue weighted by Gasteiger charge is -2.16. The number of carbonyl (C=O) groups excluding carboxylic acids is 2. The van der Waals surface area contributed by atoms with Gasteiger partial charge in [0.25, 0.3) is 11.8 Å². The van der Waals surface area contributed by atoms with Gasteiger partial charge in [0, 0.05) is 22.6 Å². The fourth-order valence-electron chi connectivity index (χ4n) is 3.93. The van der Waals surface area contributed by atoms with Gasteiger partial charge < -0.3 is 35.7 Å². The van der Waals surface area contributed by atoms with E-state index >= 15 is 0 Å². The molecule has 0 saturated carbocycles. The molecule has 0 unspecified atom stereocenters. The molecule has 31 heavy (non-hydrogen) atoms. The Bertz CT molecular complexity index is 1100. The minimum Gasteiger partial charge on any atom is -0.394 e. The van der Waals surface area contributed by atoms with E-state index in [-0.39, 0.29) is 17.0 Å². The Morgan fingerprint density at radius 2 is 2.03 bits per heavy atom. The SMILES string of the molecule is Cc1[nH]c(/C=C2\C(=O)Nc3ccc(F)cc32)c(C)c1C(=O)N[C@H]1O[C@@H](CO)[C@H](O)[C@@H]1O. The first-order valence-electron chi connectivity index (χ1n) is 9.66. The number of ether oxygens (including phenoxy) is 1. The van der Waals surface area contributed by atoms with E-state index < -0.39 is 42.9 Å². The van der Waals surface area contributed by atoms with Gasteiger partial charge in [0.05, 0.1) is 17.7 Å². The van der Waals surface area contributed by atoms with E-state index in [0.717, 1.165) is 0 Å². The normalized spacial score (nSPS) is 26.3. The van der Waals surface area contributed by atoms with Crippen LogP contribution in [-0.4, -0.2) is 63.3 Å². The van der Waals surface area contributed by atoms with E-state index in [1.54, 1.807) is 19.9 Å². The van der Waals surface area contributed by atoms with Crippen LogP contribution < -0.4 is 10.6 Å². The van der Waals surface area contributed by atoms with Gasteiger partial charge in [-0.05, 0) is 43.7 Å². The lowest BCUT2D eigenvalue weighted by molar-refractivity contribution is -0.110. The molecule has 0 bridgehead atoms. The maximum Gasteiger partial charge on any atom is 0.256 e. The Hall–Kier alpha value is -3.05. The second-order valence-electron chi connectivity index (χ2n) is 7.60. The van der Waals surface area contributed by atoms with Crippen LogP contribution in [0.2, 0.25) is 0 Å². The molecule has 164 valence electrons. The van der Waals surface area contributed by atoms with E-state index in [0.29, 0.717) is 28.2 Å². The van der Waals surface area contributed by atoms with E-state index in [4.69, 9.17) is 4.74 Å². The standard InChI is InChI=1S/C21H22FN3O6/c1-8-14(6-12-11-5-10(22)3-4-13(11)24-19(12)29)23-9(2)16(8)20(30)25-21-18(28)17(27)15(7-26)31-21/h3-6,15,17-18,21,23,26-28H,7H2,1-2H3,(H,24,29)(H,25,30)/b12-6-/t15-,17-,18-,21-/m0/s1. The Balaban J connectivity index is 1.62. The number of H-pyrrole nitrogens is 1. The number of aliphatic hydroxyl groups excluding tert-OH is 3. The Kier molecular flexibility index (Phi) is 5.40. The molecular formula is C21H22FN3O6. The van der Waals surface area contributed by atoms with Gasteiger partial charge in [-0.15, -0.1) is 0 Å². The number of hydrogen-bond donors (Lipinski definition) is 6. The summed E-state index contributed by atoms with van der Waals surface area (Å²) < 4.78 is 19.0. The van der Waals surface area contributed by atoms with Gasteiger partial charge in [-0.2, -0.15) is 0 Å². The smallest absolute Gasteiger partial charge is 0.256 e. The van der Waals surface area contributed by atoms with Gasteiger partial charge in [0.15, 0.2) is 6.23 Å². The molecule has 1 aromatic heterocycles. The van der Waals surface area contributed by atoms with Gasteiger partial charge in [-0.3, -0.25) is 9.59 Å². The first-order chi connectivity index (χ1) is 14.7. The molecule has 6 N–H and O–H groups in total. The summed E-state index contributed by atoms with van der Waals surface area (Å²) in [6, 6.07) is 4.00. The molecular weight excluding hydrogens is 409 g/mol. The maximum atomic E-state index is 13.7. The highest BCUT2D eigenvalue weighted by atomic mass is 19.1. The number of aliphatic hydroxyl groups is 3. The minimum absolute atomic E-state index is 0.259. The monoisotopic (exact) mass is 431 g/mol. The lowest BCUT2D eigenvalue weighted by atomic mass is 10.0. The van der Waals surface area contributed by atoms with Crippen LogP contribution in [0.5, 0.6) is 0 Å². The number of benzene rings is 1. The van der Waals surface area contributed by atoms with Crippen LogP contribution in [0.4, 0.5) is 10.1 Å². The van der Waals surface area contributed by atoms with Gasteiger partial charge in [0.1, 0.15) is 24.1 Å². The van der Waals surface area contributed by atoms with Gasteiger partial charge in [0.2, 0.25) is 0 Å². The van der Waals surface area contributed by atoms with Crippen molar-refractivity contribution in [3.8, 4) is 0 Å². The van der Waals surface area contributed by atoms with Crippen LogP contribution in [0.15, 0.2) is 18.2 Å². The van der Waals surface area contributed by atoms with Crippen LogP contribution in [0.3, 0.4) is 0 Å². The minimum atomic E-state index is -1.39. The summed E-state index contributed by atoms with van der Waals surface area (Å²) in [4.78, 5) is 28.2. The number of hydrogen-bond acceptors (Lipinski definition) is 6. The summed E-state index contributed by atoms with van der Waals surface area (Å²) in [5.41, 5.74) is 3.00. The van der Waals surface area contributed by atoms with E-state index in [1.807, 2.05) is 0 Å². The van der Waals surface area contributed by atoms with Crippen LogP contribution in [0.25, 0.3) is 11.6 Å². The summed E-state index contributed by atoms with van der Waals surface area (Å²) in [6.07, 6.45) is -3.37. The van der Waals surface area contributed by atoms with Crippen LogP contribution in [-0.2, 0) is 9.53 Å². The van der Waals surface area contributed by atoms with E-state index in [2.05, 4.69) is 15.6 Å². The number of fused-ring (bicyclic) bond motifs is 1. The second-order valence-corrected chi connectivity index (χ2v) is 7.60. The molecule has 4 rings (SSSR count). The quantitative estimate of drug-likeness (QED) is 0.388. The molecule has 1 fully saturated rings. The number of aromatic amines is 1.